The molecule has 0 spiro atoms. The molecule has 0 bridgehead atoms. The van der Waals surface area contributed by atoms with Gasteiger partial charge in [-0.05, 0) is 55.0 Å². The van der Waals surface area contributed by atoms with Crippen molar-refractivity contribution in [2.24, 2.45) is 0 Å². The molecule has 6 rings (SSSR count). The number of halogens is 2. The van der Waals surface area contributed by atoms with Crippen molar-refractivity contribution in [3.63, 3.8) is 0 Å². The average Bonchev–Trinajstić information content (AvgIpc) is 3.34. The third kappa shape index (κ3) is 5.86. The highest BCUT2D eigenvalue weighted by Crippen LogP contribution is 2.30. The fourth-order valence-electron chi connectivity index (χ4n) is 4.72. The van der Waals surface area contributed by atoms with Crippen LogP contribution in [0.2, 0.25) is 0 Å². The molecule has 3 heterocycles. The minimum absolute atomic E-state index is 0.0130. The van der Waals surface area contributed by atoms with E-state index >= 15 is 4.39 Å². The van der Waals surface area contributed by atoms with Crippen molar-refractivity contribution in [3.8, 4) is 23.2 Å². The van der Waals surface area contributed by atoms with Crippen LogP contribution >= 0.6 is 0 Å². The Balaban J connectivity index is 1.23. The van der Waals surface area contributed by atoms with E-state index < -0.39 is 17.6 Å². The lowest BCUT2D eigenvalue weighted by atomic mass is 10.1. The van der Waals surface area contributed by atoms with Crippen molar-refractivity contribution >= 4 is 28.6 Å². The minimum atomic E-state index is -0.544. The van der Waals surface area contributed by atoms with Crippen LogP contribution in [0.4, 0.5) is 20.4 Å². The van der Waals surface area contributed by atoms with Crippen molar-refractivity contribution in [2.45, 2.75) is 25.7 Å². The second-order valence-corrected chi connectivity index (χ2v) is 9.91. The molecule has 3 aromatic carbocycles. The monoisotopic (exact) mass is 581 g/mol. The Hall–Kier alpha value is -5.34. The van der Waals surface area contributed by atoms with Crippen molar-refractivity contribution < 1.29 is 27.8 Å². The van der Waals surface area contributed by atoms with Crippen LogP contribution < -0.4 is 10.1 Å². The summed E-state index contributed by atoms with van der Waals surface area (Å²) in [4.78, 5) is 21.2. The van der Waals surface area contributed by atoms with Gasteiger partial charge >= 0.3 is 5.97 Å². The van der Waals surface area contributed by atoms with Crippen LogP contribution in [0.1, 0.15) is 27.9 Å². The molecule has 5 aromatic rings. The first-order valence-corrected chi connectivity index (χ1v) is 13.5. The number of pyridine rings is 1. The molecule has 1 fully saturated rings. The Bertz CT molecular complexity index is 1880. The molecule has 9 nitrogen and oxygen atoms in total. The smallest absolute Gasteiger partial charge is 0.337 e. The molecule has 0 saturated carbocycles. The molecule has 1 aliphatic heterocycles. The first-order valence-electron chi connectivity index (χ1n) is 13.5. The van der Waals surface area contributed by atoms with Crippen LogP contribution in [0.5, 0.6) is 5.88 Å². The van der Waals surface area contributed by atoms with Crippen LogP contribution in [-0.2, 0) is 22.6 Å². The molecule has 11 heteroatoms. The molecule has 0 amide bonds. The highest BCUT2D eigenvalue weighted by molar-refractivity contribution is 5.94. The zero-order valence-corrected chi connectivity index (χ0v) is 23.0. The van der Waals surface area contributed by atoms with E-state index in [9.17, 15) is 9.18 Å². The second-order valence-electron chi connectivity index (χ2n) is 9.91. The van der Waals surface area contributed by atoms with Gasteiger partial charge in [-0.15, -0.1) is 0 Å². The largest absolute Gasteiger partial charge is 0.473 e. The van der Waals surface area contributed by atoms with Gasteiger partial charge in [-0.2, -0.15) is 5.26 Å². The average molecular weight is 582 g/mol. The van der Waals surface area contributed by atoms with Crippen LogP contribution in [-0.4, -0.2) is 40.3 Å². The summed E-state index contributed by atoms with van der Waals surface area (Å²) in [5, 5.41) is 12.0. The number of nitrogens with zero attached hydrogens (tertiary/aromatic N) is 4. The van der Waals surface area contributed by atoms with E-state index in [-0.39, 0.29) is 35.4 Å². The third-order valence-corrected chi connectivity index (χ3v) is 7.14. The summed E-state index contributed by atoms with van der Waals surface area (Å²) in [6.45, 7) is 1.07. The van der Waals surface area contributed by atoms with Gasteiger partial charge in [-0.25, -0.2) is 23.5 Å². The number of nitrogens with one attached hydrogen (secondary N) is 1. The molecular weight excluding hydrogens is 556 g/mol. The highest BCUT2D eigenvalue weighted by Gasteiger charge is 2.23. The SMILES string of the molecule is COC(=O)c1ccc2nc(Nc3ccc(-c4cccc(OCc5ccc(C#N)cc5F)n4)cc3F)n(C[C@@H]3CCO3)c2c1. The zero-order chi connectivity index (χ0) is 29.9. The number of rotatable bonds is 9. The van der Waals surface area contributed by atoms with Crippen molar-refractivity contribution in [3.05, 3.63) is 101 Å². The Labute approximate surface area is 245 Å². The molecule has 2 aromatic heterocycles. The van der Waals surface area contributed by atoms with Crippen molar-refractivity contribution in [1.82, 2.24) is 14.5 Å². The van der Waals surface area contributed by atoms with E-state index in [2.05, 4.69) is 15.3 Å². The third-order valence-electron chi connectivity index (χ3n) is 7.14. The van der Waals surface area contributed by atoms with E-state index in [1.807, 2.05) is 10.6 Å². The lowest BCUT2D eigenvalue weighted by Crippen LogP contribution is -2.31. The van der Waals surface area contributed by atoms with Gasteiger partial charge in [0.2, 0.25) is 11.8 Å². The summed E-state index contributed by atoms with van der Waals surface area (Å²) in [7, 11) is 1.32. The number of ether oxygens (including phenoxy) is 3. The summed E-state index contributed by atoms with van der Waals surface area (Å²) >= 11 is 0. The summed E-state index contributed by atoms with van der Waals surface area (Å²) in [6.07, 6.45) is 0.873. The topological polar surface area (TPSA) is 111 Å². The molecule has 1 atom stereocenters. The maximum absolute atomic E-state index is 15.4. The Kier molecular flexibility index (Phi) is 7.68. The van der Waals surface area contributed by atoms with Crippen LogP contribution in [0.25, 0.3) is 22.3 Å². The quantitative estimate of drug-likeness (QED) is 0.207. The molecule has 1 N–H and O–H groups in total. The Morgan fingerprint density at radius 3 is 2.67 bits per heavy atom. The number of anilines is 2. The van der Waals surface area contributed by atoms with Gasteiger partial charge in [0.1, 0.15) is 18.2 Å². The fraction of sp³-hybridized carbons (Fsp3) is 0.188. The maximum Gasteiger partial charge on any atom is 0.337 e. The normalized spacial score (nSPS) is 14.1. The summed E-state index contributed by atoms with van der Waals surface area (Å²) < 4.78 is 47.7. The van der Waals surface area contributed by atoms with E-state index in [0.717, 1.165) is 12.5 Å². The van der Waals surface area contributed by atoms with Gasteiger partial charge < -0.3 is 24.1 Å². The molecule has 216 valence electrons. The van der Waals surface area contributed by atoms with E-state index in [1.54, 1.807) is 48.5 Å². The maximum atomic E-state index is 15.4. The number of fused-ring (bicyclic) bond motifs is 1. The van der Waals surface area contributed by atoms with Gasteiger partial charge in [0.15, 0.2) is 0 Å². The van der Waals surface area contributed by atoms with Gasteiger partial charge in [-0.3, -0.25) is 0 Å². The molecule has 0 radical (unpaired) electrons. The number of carbonyl (C=O) groups excluding carboxylic acids is 1. The van der Waals surface area contributed by atoms with Crippen molar-refractivity contribution in [1.29, 1.82) is 5.26 Å². The molecule has 0 unspecified atom stereocenters. The number of hydrogen-bond donors (Lipinski definition) is 1. The molecule has 43 heavy (non-hydrogen) atoms. The first-order chi connectivity index (χ1) is 20.9. The van der Waals surface area contributed by atoms with Gasteiger partial charge in [0, 0.05) is 23.8 Å². The molecule has 1 saturated heterocycles. The van der Waals surface area contributed by atoms with Gasteiger partial charge in [0.25, 0.3) is 0 Å². The lowest BCUT2D eigenvalue weighted by Gasteiger charge is -2.27. The lowest BCUT2D eigenvalue weighted by molar-refractivity contribution is -0.0583. The van der Waals surface area contributed by atoms with E-state index in [0.29, 0.717) is 47.0 Å². The number of esters is 1. The van der Waals surface area contributed by atoms with Crippen LogP contribution in [0.3, 0.4) is 0 Å². The number of imidazole rings is 1. The fourth-order valence-corrected chi connectivity index (χ4v) is 4.72. The van der Waals surface area contributed by atoms with Gasteiger partial charge in [0.05, 0.1) is 59.4 Å². The summed E-state index contributed by atoms with van der Waals surface area (Å²) in [5.41, 5.74) is 3.39. The van der Waals surface area contributed by atoms with Crippen molar-refractivity contribution in [2.75, 3.05) is 19.0 Å². The second kappa shape index (κ2) is 11.9. The zero-order valence-electron chi connectivity index (χ0n) is 23.0. The number of carbonyl (C=O) groups is 1. The van der Waals surface area contributed by atoms with E-state index in [4.69, 9.17) is 19.5 Å². The summed E-state index contributed by atoms with van der Waals surface area (Å²) in [6, 6.07) is 20.8. The first kappa shape index (κ1) is 27.8. The predicted octanol–water partition coefficient (Wildman–Crippen LogP) is 6.15. The minimum Gasteiger partial charge on any atom is -0.473 e. The number of hydrogen-bond acceptors (Lipinski definition) is 8. The Morgan fingerprint density at radius 2 is 1.95 bits per heavy atom. The standard InChI is InChI=1S/C32H25F2N5O4/c1-41-31(40)21-8-10-28-29(15-21)39(17-23-11-12-42-23)32(38-28)37-27-9-7-20(14-25(27)34)26-3-2-4-30(36-26)43-18-22-6-5-19(16-35)13-24(22)33/h2-10,13-15,23H,11-12,17-18H2,1H3,(H,37,38)/t23-/m0/s1. The Morgan fingerprint density at radius 1 is 1.09 bits per heavy atom. The van der Waals surface area contributed by atoms with E-state index in [1.165, 1.54) is 25.3 Å². The number of methoxy groups -OCH3 is 1. The van der Waals surface area contributed by atoms with Gasteiger partial charge in [-0.1, -0.05) is 18.2 Å². The number of aromatic nitrogens is 3. The number of nitriles is 1. The number of benzene rings is 3. The molecule has 1 aliphatic rings. The molecule has 0 aliphatic carbocycles. The highest BCUT2D eigenvalue weighted by atomic mass is 19.1. The molecular formula is C32H25F2N5O4. The van der Waals surface area contributed by atoms with Crippen LogP contribution in [0, 0.1) is 23.0 Å². The van der Waals surface area contributed by atoms with Crippen LogP contribution in [0.15, 0.2) is 72.8 Å². The predicted molar refractivity (Wildman–Crippen MR) is 154 cm³/mol. The summed E-state index contributed by atoms with van der Waals surface area (Å²) in [5.74, 6) is -0.892.